The molecule has 1 amide bonds. The fourth-order valence-electron chi connectivity index (χ4n) is 1.56. The highest BCUT2D eigenvalue weighted by Gasteiger charge is 2.16. The number of rotatable bonds is 2. The molecule has 5 heteroatoms. The molecule has 0 atom stereocenters. The summed E-state index contributed by atoms with van der Waals surface area (Å²) < 4.78 is 5.21. The summed E-state index contributed by atoms with van der Waals surface area (Å²) >= 11 is 7.13. The van der Waals surface area contributed by atoms with Gasteiger partial charge in [0, 0.05) is 23.9 Å². The van der Waals surface area contributed by atoms with Crippen LogP contribution in [0.1, 0.15) is 5.56 Å². The first-order valence-corrected chi connectivity index (χ1v) is 6.86. The van der Waals surface area contributed by atoms with E-state index in [2.05, 4.69) is 0 Å². The Kier molecular flexibility index (Phi) is 4.71. The van der Waals surface area contributed by atoms with Crippen LogP contribution in [0.5, 0.6) is 0 Å². The summed E-state index contributed by atoms with van der Waals surface area (Å²) in [5.41, 5.74) is 1.11. The molecule has 0 aromatic heterocycles. The van der Waals surface area contributed by atoms with Gasteiger partial charge in [-0.1, -0.05) is 35.5 Å². The zero-order chi connectivity index (χ0) is 12.1. The Morgan fingerprint density at radius 1 is 1.29 bits per heavy atom. The van der Waals surface area contributed by atoms with E-state index in [0.717, 1.165) is 10.6 Å². The van der Waals surface area contributed by atoms with E-state index in [4.69, 9.17) is 16.3 Å². The Morgan fingerprint density at radius 3 is 2.59 bits per heavy atom. The Bertz CT molecular complexity index is 377. The van der Waals surface area contributed by atoms with Crippen LogP contribution in [-0.4, -0.2) is 36.4 Å². The molecule has 1 saturated heterocycles. The molecule has 0 aliphatic carbocycles. The van der Waals surface area contributed by atoms with E-state index in [-0.39, 0.29) is 5.24 Å². The molecule has 92 valence electrons. The number of morpholine rings is 1. The van der Waals surface area contributed by atoms with E-state index in [9.17, 15) is 4.79 Å². The molecule has 2 rings (SSSR count). The van der Waals surface area contributed by atoms with Crippen molar-refractivity contribution in [3.63, 3.8) is 0 Å². The lowest BCUT2D eigenvalue weighted by molar-refractivity contribution is 0.0593. The van der Waals surface area contributed by atoms with Crippen molar-refractivity contribution in [1.29, 1.82) is 0 Å². The average molecular weight is 272 g/mol. The Labute approximate surface area is 110 Å². The van der Waals surface area contributed by atoms with Crippen LogP contribution in [0, 0.1) is 0 Å². The predicted molar refractivity (Wildman–Crippen MR) is 70.5 cm³/mol. The molecule has 0 bridgehead atoms. The zero-order valence-corrected chi connectivity index (χ0v) is 11.0. The smallest absolute Gasteiger partial charge is 0.282 e. The van der Waals surface area contributed by atoms with Gasteiger partial charge in [-0.05, 0) is 17.7 Å². The number of carbonyl (C=O) groups excluding carboxylic acids is 1. The first-order valence-electron chi connectivity index (χ1n) is 5.49. The predicted octanol–water partition coefficient (Wildman–Crippen LogP) is 3.03. The fourth-order valence-corrected chi connectivity index (χ4v) is 2.54. The maximum absolute atomic E-state index is 11.8. The largest absolute Gasteiger partial charge is 0.378 e. The number of amides is 1. The minimum absolute atomic E-state index is 0.128. The zero-order valence-electron chi connectivity index (χ0n) is 9.39. The minimum atomic E-state index is 0.128. The van der Waals surface area contributed by atoms with Crippen molar-refractivity contribution in [3.8, 4) is 0 Å². The van der Waals surface area contributed by atoms with Gasteiger partial charge < -0.3 is 9.64 Å². The maximum Gasteiger partial charge on any atom is 0.282 e. The molecule has 1 fully saturated rings. The summed E-state index contributed by atoms with van der Waals surface area (Å²) in [7, 11) is 0. The second-order valence-corrected chi connectivity index (χ2v) is 5.14. The highest BCUT2D eigenvalue weighted by atomic mass is 35.5. The molecular weight excluding hydrogens is 258 g/mol. The van der Waals surface area contributed by atoms with Crippen LogP contribution in [0.3, 0.4) is 0 Å². The van der Waals surface area contributed by atoms with Gasteiger partial charge in [-0.3, -0.25) is 4.79 Å². The van der Waals surface area contributed by atoms with Crippen molar-refractivity contribution in [2.75, 3.05) is 26.3 Å². The van der Waals surface area contributed by atoms with Gasteiger partial charge in [0.15, 0.2) is 0 Å². The highest BCUT2D eigenvalue weighted by Crippen LogP contribution is 2.18. The second-order valence-electron chi connectivity index (χ2n) is 3.78. The van der Waals surface area contributed by atoms with Crippen molar-refractivity contribution in [2.45, 2.75) is 5.75 Å². The number of carbonyl (C=O) groups is 1. The number of ether oxygens (including phenoxy) is 1. The SMILES string of the molecule is O=C(SCc1ccc(Cl)cc1)N1CCOCC1. The van der Waals surface area contributed by atoms with E-state index in [1.807, 2.05) is 29.2 Å². The summed E-state index contributed by atoms with van der Waals surface area (Å²) in [6.07, 6.45) is 0. The molecule has 0 radical (unpaired) electrons. The first kappa shape index (κ1) is 12.7. The lowest BCUT2D eigenvalue weighted by atomic mass is 10.2. The molecule has 0 unspecified atom stereocenters. The van der Waals surface area contributed by atoms with Gasteiger partial charge in [-0.25, -0.2) is 0 Å². The number of hydrogen-bond donors (Lipinski definition) is 0. The lowest BCUT2D eigenvalue weighted by Crippen LogP contribution is -2.38. The maximum atomic E-state index is 11.8. The molecule has 0 saturated carbocycles. The number of nitrogens with zero attached hydrogens (tertiary/aromatic N) is 1. The molecular formula is C12H14ClNO2S. The minimum Gasteiger partial charge on any atom is -0.378 e. The van der Waals surface area contributed by atoms with Crippen LogP contribution in [0.4, 0.5) is 4.79 Å². The summed E-state index contributed by atoms with van der Waals surface area (Å²) in [6, 6.07) is 7.58. The third-order valence-electron chi connectivity index (χ3n) is 2.54. The first-order chi connectivity index (χ1) is 8.25. The van der Waals surface area contributed by atoms with Crippen LogP contribution < -0.4 is 0 Å². The third kappa shape index (κ3) is 3.91. The number of halogens is 1. The molecule has 1 aliphatic heterocycles. The highest BCUT2D eigenvalue weighted by molar-refractivity contribution is 8.12. The molecule has 0 N–H and O–H groups in total. The molecule has 3 nitrogen and oxygen atoms in total. The van der Waals surface area contributed by atoms with Gasteiger partial charge in [0.05, 0.1) is 13.2 Å². The Morgan fingerprint density at radius 2 is 1.94 bits per heavy atom. The molecule has 1 aliphatic rings. The molecule has 0 spiro atoms. The van der Waals surface area contributed by atoms with Crippen LogP contribution in [-0.2, 0) is 10.5 Å². The number of hydrogen-bond acceptors (Lipinski definition) is 3. The summed E-state index contributed by atoms with van der Waals surface area (Å²) in [5.74, 6) is 0.688. The normalized spacial score (nSPS) is 15.9. The van der Waals surface area contributed by atoms with Gasteiger partial charge in [-0.2, -0.15) is 0 Å². The van der Waals surface area contributed by atoms with Gasteiger partial charge in [0.25, 0.3) is 5.24 Å². The van der Waals surface area contributed by atoms with E-state index in [1.165, 1.54) is 11.8 Å². The fraction of sp³-hybridized carbons (Fsp3) is 0.417. The van der Waals surface area contributed by atoms with E-state index >= 15 is 0 Å². The Hall–Kier alpha value is -0.710. The summed E-state index contributed by atoms with van der Waals surface area (Å²) in [4.78, 5) is 13.7. The summed E-state index contributed by atoms with van der Waals surface area (Å²) in [5, 5.41) is 0.849. The van der Waals surface area contributed by atoms with Gasteiger partial charge in [0.1, 0.15) is 0 Å². The van der Waals surface area contributed by atoms with E-state index < -0.39 is 0 Å². The van der Waals surface area contributed by atoms with E-state index in [1.54, 1.807) is 0 Å². The van der Waals surface area contributed by atoms with Gasteiger partial charge in [-0.15, -0.1) is 0 Å². The second kappa shape index (κ2) is 6.28. The van der Waals surface area contributed by atoms with Crippen LogP contribution in [0.2, 0.25) is 5.02 Å². The molecule has 1 heterocycles. The lowest BCUT2D eigenvalue weighted by Gasteiger charge is -2.26. The molecule has 1 aromatic carbocycles. The van der Waals surface area contributed by atoms with Crippen LogP contribution in [0.15, 0.2) is 24.3 Å². The van der Waals surface area contributed by atoms with Crippen LogP contribution in [0.25, 0.3) is 0 Å². The third-order valence-corrected chi connectivity index (χ3v) is 3.78. The molecule has 17 heavy (non-hydrogen) atoms. The monoisotopic (exact) mass is 271 g/mol. The average Bonchev–Trinajstić information content (AvgIpc) is 2.39. The van der Waals surface area contributed by atoms with Crippen LogP contribution >= 0.6 is 23.4 Å². The Balaban J connectivity index is 1.81. The van der Waals surface area contributed by atoms with Crippen molar-refractivity contribution in [1.82, 2.24) is 4.90 Å². The van der Waals surface area contributed by atoms with Gasteiger partial charge >= 0.3 is 0 Å². The van der Waals surface area contributed by atoms with Crippen molar-refractivity contribution in [2.24, 2.45) is 0 Å². The summed E-state index contributed by atoms with van der Waals surface area (Å²) in [6.45, 7) is 2.69. The van der Waals surface area contributed by atoms with E-state index in [0.29, 0.717) is 32.1 Å². The standard InChI is InChI=1S/C12H14ClNO2S/c13-11-3-1-10(2-4-11)9-17-12(15)14-5-7-16-8-6-14/h1-4H,5-9H2. The van der Waals surface area contributed by atoms with Crippen molar-refractivity contribution >= 4 is 28.6 Å². The van der Waals surface area contributed by atoms with Gasteiger partial charge in [0.2, 0.25) is 0 Å². The number of benzene rings is 1. The topological polar surface area (TPSA) is 29.5 Å². The number of thioether (sulfide) groups is 1. The van der Waals surface area contributed by atoms with Crippen molar-refractivity contribution in [3.05, 3.63) is 34.9 Å². The molecule has 1 aromatic rings. The quantitative estimate of drug-likeness (QED) is 0.828. The van der Waals surface area contributed by atoms with Crippen molar-refractivity contribution < 1.29 is 9.53 Å².